The third kappa shape index (κ3) is 57.7. The van der Waals surface area contributed by atoms with Crippen molar-refractivity contribution in [2.24, 2.45) is 0 Å². The Kier molecular flexibility index (Phi) is 51.6. The van der Waals surface area contributed by atoms with Crippen LogP contribution in [0.3, 0.4) is 0 Å². The number of phosphoric acid groups is 1. The fraction of sp³-hybridized carbons (Fsp3) is 0.656. The van der Waals surface area contributed by atoms with E-state index in [9.17, 15) is 19.0 Å². The molecule has 2 atom stereocenters. The predicted octanol–water partition coefficient (Wildman–Crippen LogP) is 18.4. The lowest BCUT2D eigenvalue weighted by Crippen LogP contribution is -2.37. The maximum Gasteiger partial charge on any atom is 0.472 e. The first-order valence-corrected chi connectivity index (χ1v) is 30.8. The molecular formula is C64H109NO8P+. The molecule has 0 aliphatic rings. The van der Waals surface area contributed by atoms with Crippen LogP contribution in [0.2, 0.25) is 0 Å². The number of rotatable bonds is 52. The summed E-state index contributed by atoms with van der Waals surface area (Å²) in [4.78, 5) is 35.6. The van der Waals surface area contributed by atoms with Crippen molar-refractivity contribution in [2.45, 2.75) is 225 Å². The van der Waals surface area contributed by atoms with Crippen LogP contribution in [0.4, 0.5) is 0 Å². The SMILES string of the molecule is CC/C=C\C/C=C\C/C=C\C/C=C\C/C=C\C/C=C\C/C=C\C/C=C\C/C=C\C/C=C\CCCCCCC(=O)OC(COC(=O)CCCCCCCCCCCCCCCCC)COP(=O)(O)OCC[N+](C)(C)C. The lowest BCUT2D eigenvalue weighted by atomic mass is 10.0. The van der Waals surface area contributed by atoms with Gasteiger partial charge in [0.1, 0.15) is 19.8 Å². The molecule has 0 saturated heterocycles. The maximum atomic E-state index is 12.8. The van der Waals surface area contributed by atoms with E-state index < -0.39 is 26.5 Å². The summed E-state index contributed by atoms with van der Waals surface area (Å²) in [5.74, 6) is -0.830. The van der Waals surface area contributed by atoms with Gasteiger partial charge in [0.25, 0.3) is 0 Å². The molecule has 422 valence electrons. The Bertz CT molecular complexity index is 1660. The molecule has 0 spiro atoms. The van der Waals surface area contributed by atoms with Crippen molar-refractivity contribution in [1.82, 2.24) is 0 Å². The van der Waals surface area contributed by atoms with Crippen molar-refractivity contribution in [3.63, 3.8) is 0 Å². The summed E-state index contributed by atoms with van der Waals surface area (Å²) >= 11 is 0. The van der Waals surface area contributed by atoms with E-state index in [0.717, 1.165) is 109 Å². The molecular weight excluding hydrogens is 942 g/mol. The Morgan fingerprint density at radius 2 is 0.770 bits per heavy atom. The summed E-state index contributed by atoms with van der Waals surface area (Å²) in [6, 6.07) is 0. The molecule has 10 heteroatoms. The number of phosphoric ester groups is 1. The van der Waals surface area contributed by atoms with Gasteiger partial charge in [0.05, 0.1) is 27.7 Å². The molecule has 0 aromatic heterocycles. The van der Waals surface area contributed by atoms with Crippen LogP contribution < -0.4 is 0 Å². The molecule has 1 N–H and O–H groups in total. The Balaban J connectivity index is 4.23. The summed E-state index contributed by atoms with van der Waals surface area (Å²) in [6.07, 6.45) is 77.0. The van der Waals surface area contributed by atoms with Crippen LogP contribution in [0.5, 0.6) is 0 Å². The normalized spacial score (nSPS) is 14.2. The van der Waals surface area contributed by atoms with Gasteiger partial charge in [0, 0.05) is 12.8 Å². The maximum absolute atomic E-state index is 12.8. The van der Waals surface area contributed by atoms with Crippen molar-refractivity contribution in [1.29, 1.82) is 0 Å². The van der Waals surface area contributed by atoms with E-state index in [4.69, 9.17) is 18.5 Å². The van der Waals surface area contributed by atoms with Crippen LogP contribution in [-0.4, -0.2) is 74.9 Å². The molecule has 0 rings (SSSR count). The standard InChI is InChI=1S/C64H108NO8P/c1-6-8-10-12-14-16-18-20-22-23-24-25-26-27-28-29-30-31-32-33-34-35-36-37-38-39-40-41-43-45-47-49-51-53-55-57-64(67)73-62(61-72-74(68,69)71-59-58-65(3,4)5)60-70-63(66)56-54-52-50-48-46-44-42-21-19-17-15-13-11-9-7-2/h8,10,14,16,20,22,24-25,27-28,30-31,33-34,36-37,39-40,43,45,62H,6-7,9,11-13,15,17-19,21,23,26,29,32,35,38,41-42,44,46-61H2,1-5H3/p+1/b10-8-,16-14-,22-20-,25-24-,28-27-,31-30-,34-33-,37-36-,40-39-,45-43-. The number of likely N-dealkylation sites (N-methyl/N-ethyl adjacent to an activating group) is 1. The lowest BCUT2D eigenvalue weighted by Gasteiger charge is -2.24. The van der Waals surface area contributed by atoms with Gasteiger partial charge in [-0.3, -0.25) is 18.6 Å². The zero-order valence-corrected chi connectivity index (χ0v) is 48.7. The van der Waals surface area contributed by atoms with E-state index in [0.29, 0.717) is 17.4 Å². The second-order valence-electron chi connectivity index (χ2n) is 20.3. The summed E-state index contributed by atoms with van der Waals surface area (Å²) in [7, 11) is 1.45. The van der Waals surface area contributed by atoms with Gasteiger partial charge in [0.15, 0.2) is 6.10 Å². The molecule has 9 nitrogen and oxygen atoms in total. The largest absolute Gasteiger partial charge is 0.472 e. The molecule has 0 aromatic carbocycles. The quantitative estimate of drug-likeness (QED) is 0.0211. The number of ether oxygens (including phenoxy) is 2. The Labute approximate surface area is 454 Å². The molecule has 0 radical (unpaired) electrons. The Hall–Kier alpha value is -3.59. The molecule has 0 aromatic rings. The van der Waals surface area contributed by atoms with Crippen molar-refractivity contribution in [3.05, 3.63) is 122 Å². The number of hydrogen-bond acceptors (Lipinski definition) is 7. The Morgan fingerprint density at radius 3 is 1.15 bits per heavy atom. The highest BCUT2D eigenvalue weighted by Crippen LogP contribution is 2.43. The van der Waals surface area contributed by atoms with Crippen LogP contribution in [-0.2, 0) is 32.7 Å². The minimum atomic E-state index is -4.40. The topological polar surface area (TPSA) is 108 Å². The summed E-state index contributed by atoms with van der Waals surface area (Å²) in [6.45, 7) is 4.28. The number of nitrogens with zero attached hydrogens (tertiary/aromatic N) is 1. The first-order chi connectivity index (χ1) is 36.0. The number of allylic oxidation sites excluding steroid dienone is 20. The minimum absolute atomic E-state index is 0.0212. The molecule has 0 heterocycles. The average Bonchev–Trinajstić information content (AvgIpc) is 3.36. The van der Waals surface area contributed by atoms with Crippen molar-refractivity contribution >= 4 is 19.8 Å². The zero-order valence-electron chi connectivity index (χ0n) is 47.8. The fourth-order valence-electron chi connectivity index (χ4n) is 7.51. The van der Waals surface area contributed by atoms with Gasteiger partial charge in [-0.25, -0.2) is 4.57 Å². The van der Waals surface area contributed by atoms with Gasteiger partial charge < -0.3 is 18.9 Å². The monoisotopic (exact) mass is 1050 g/mol. The second-order valence-corrected chi connectivity index (χ2v) is 21.8. The molecule has 2 unspecified atom stereocenters. The van der Waals surface area contributed by atoms with Gasteiger partial charge in [-0.05, 0) is 89.9 Å². The summed E-state index contributed by atoms with van der Waals surface area (Å²) in [5, 5.41) is 0. The van der Waals surface area contributed by atoms with Gasteiger partial charge in [-0.1, -0.05) is 238 Å². The number of esters is 2. The predicted molar refractivity (Wildman–Crippen MR) is 316 cm³/mol. The molecule has 0 saturated carbocycles. The van der Waals surface area contributed by atoms with E-state index in [1.165, 1.54) is 77.0 Å². The average molecular weight is 1050 g/mol. The number of quaternary nitrogens is 1. The van der Waals surface area contributed by atoms with Gasteiger partial charge in [-0.15, -0.1) is 0 Å². The third-order valence-corrected chi connectivity index (χ3v) is 13.0. The van der Waals surface area contributed by atoms with Crippen LogP contribution in [0.15, 0.2) is 122 Å². The first-order valence-electron chi connectivity index (χ1n) is 29.3. The lowest BCUT2D eigenvalue weighted by molar-refractivity contribution is -0.870. The first kappa shape index (κ1) is 70.4. The number of unbranched alkanes of at least 4 members (excludes halogenated alkanes) is 18. The van der Waals surface area contributed by atoms with Gasteiger partial charge >= 0.3 is 19.8 Å². The molecule has 0 aliphatic carbocycles. The van der Waals surface area contributed by atoms with Crippen LogP contribution in [0, 0.1) is 0 Å². The summed E-state index contributed by atoms with van der Waals surface area (Å²) in [5.41, 5.74) is 0. The fourth-order valence-corrected chi connectivity index (χ4v) is 8.25. The third-order valence-electron chi connectivity index (χ3n) is 12.0. The second kappa shape index (κ2) is 54.2. The van der Waals surface area contributed by atoms with E-state index in [1.807, 2.05) is 21.1 Å². The molecule has 0 aliphatic heterocycles. The highest BCUT2D eigenvalue weighted by molar-refractivity contribution is 7.47. The number of carbonyl (C=O) groups is 2. The van der Waals surface area contributed by atoms with Crippen LogP contribution >= 0.6 is 7.82 Å². The number of hydrogen-bond donors (Lipinski definition) is 1. The molecule has 0 amide bonds. The van der Waals surface area contributed by atoms with Crippen molar-refractivity contribution in [3.8, 4) is 0 Å². The van der Waals surface area contributed by atoms with E-state index in [2.05, 4.69) is 135 Å². The van der Waals surface area contributed by atoms with Crippen molar-refractivity contribution < 1.29 is 42.1 Å². The number of carbonyl (C=O) groups excluding carboxylic acids is 2. The smallest absolute Gasteiger partial charge is 0.462 e. The molecule has 0 fully saturated rings. The highest BCUT2D eigenvalue weighted by atomic mass is 31.2. The van der Waals surface area contributed by atoms with E-state index >= 15 is 0 Å². The molecule has 0 bridgehead atoms. The highest BCUT2D eigenvalue weighted by Gasteiger charge is 2.27. The van der Waals surface area contributed by atoms with Crippen molar-refractivity contribution in [2.75, 3.05) is 47.5 Å². The van der Waals surface area contributed by atoms with Gasteiger partial charge in [0.2, 0.25) is 0 Å². The van der Waals surface area contributed by atoms with Crippen LogP contribution in [0.1, 0.15) is 219 Å². The van der Waals surface area contributed by atoms with Crippen LogP contribution in [0.25, 0.3) is 0 Å². The minimum Gasteiger partial charge on any atom is -0.462 e. The summed E-state index contributed by atoms with van der Waals surface area (Å²) < 4.78 is 34.5. The van der Waals surface area contributed by atoms with Gasteiger partial charge in [-0.2, -0.15) is 0 Å². The Morgan fingerprint density at radius 1 is 0.432 bits per heavy atom. The zero-order chi connectivity index (χ0) is 54.2. The van der Waals surface area contributed by atoms with E-state index in [-0.39, 0.29) is 32.0 Å². The molecule has 74 heavy (non-hydrogen) atoms. The van der Waals surface area contributed by atoms with E-state index in [1.54, 1.807) is 0 Å².